The third-order valence-electron chi connectivity index (χ3n) is 4.40. The Kier molecular flexibility index (Phi) is 4.54. The van der Waals surface area contributed by atoms with E-state index in [0.29, 0.717) is 11.8 Å². The lowest BCUT2D eigenvalue weighted by Gasteiger charge is -2.33. The summed E-state index contributed by atoms with van der Waals surface area (Å²) in [6.45, 7) is 4.10. The van der Waals surface area contributed by atoms with Crippen molar-refractivity contribution >= 4 is 23.2 Å². The Morgan fingerprint density at radius 2 is 1.67 bits per heavy atom. The summed E-state index contributed by atoms with van der Waals surface area (Å²) in [5.41, 5.74) is 3.82. The molecule has 3 heteroatoms. The van der Waals surface area contributed by atoms with E-state index < -0.39 is 0 Å². The Bertz CT molecular complexity index is 622. The van der Waals surface area contributed by atoms with Crippen LogP contribution >= 0.6 is 23.2 Å². The van der Waals surface area contributed by atoms with Crippen molar-refractivity contribution in [2.24, 2.45) is 0 Å². The van der Waals surface area contributed by atoms with E-state index in [1.165, 1.54) is 11.1 Å². The van der Waals surface area contributed by atoms with E-state index in [1.807, 2.05) is 19.1 Å². The van der Waals surface area contributed by atoms with E-state index >= 15 is 0 Å². The van der Waals surface area contributed by atoms with Gasteiger partial charge in [-0.25, -0.2) is 0 Å². The highest BCUT2D eigenvalue weighted by Crippen LogP contribution is 2.38. The average Bonchev–Trinajstić information content (AvgIpc) is 2.51. The van der Waals surface area contributed by atoms with Gasteiger partial charge in [-0.3, -0.25) is 0 Å². The summed E-state index contributed by atoms with van der Waals surface area (Å²) in [7, 11) is 0. The Morgan fingerprint density at radius 3 is 2.38 bits per heavy atom. The largest absolute Gasteiger partial charge is 0.316 e. The molecule has 0 saturated carbocycles. The molecule has 3 rings (SSSR count). The van der Waals surface area contributed by atoms with Gasteiger partial charge in [-0.15, -0.1) is 0 Å². The molecular weight excluding hydrogens is 301 g/mol. The second-order valence-electron chi connectivity index (χ2n) is 5.77. The van der Waals surface area contributed by atoms with Crippen LogP contribution in [0.25, 0.3) is 0 Å². The van der Waals surface area contributed by atoms with E-state index in [2.05, 4.69) is 35.6 Å². The molecular formula is C18H19Cl2N. The third kappa shape index (κ3) is 3.26. The highest BCUT2D eigenvalue weighted by molar-refractivity contribution is 6.31. The highest BCUT2D eigenvalue weighted by Gasteiger charge is 2.27. The molecule has 1 aliphatic rings. The normalized spacial score (nSPS) is 22.2. The third-order valence-corrected chi connectivity index (χ3v) is 5.06. The zero-order valence-corrected chi connectivity index (χ0v) is 13.6. The van der Waals surface area contributed by atoms with E-state index in [9.17, 15) is 0 Å². The first-order valence-corrected chi connectivity index (χ1v) is 8.13. The topological polar surface area (TPSA) is 12.0 Å². The van der Waals surface area contributed by atoms with Crippen molar-refractivity contribution in [2.75, 3.05) is 13.1 Å². The van der Waals surface area contributed by atoms with Gasteiger partial charge in [0.15, 0.2) is 0 Å². The number of rotatable bonds is 2. The maximum atomic E-state index is 6.31. The van der Waals surface area contributed by atoms with Gasteiger partial charge in [-0.1, -0.05) is 47.5 Å². The van der Waals surface area contributed by atoms with Crippen LogP contribution < -0.4 is 5.32 Å². The van der Waals surface area contributed by atoms with E-state index in [4.69, 9.17) is 23.2 Å². The standard InChI is InChI=1S/C18H19Cl2N/c1-12-2-3-14(10-18(12)20)16-8-9-21-11-17(16)13-4-6-15(19)7-5-13/h2-7,10,16-17,21H,8-9,11H2,1H3. The van der Waals surface area contributed by atoms with Gasteiger partial charge in [0, 0.05) is 22.5 Å². The lowest BCUT2D eigenvalue weighted by Crippen LogP contribution is -2.34. The molecule has 2 aromatic carbocycles. The summed E-state index contributed by atoms with van der Waals surface area (Å²) in [5.74, 6) is 0.973. The minimum atomic E-state index is 0.467. The van der Waals surface area contributed by atoms with E-state index in [1.54, 1.807) is 0 Å². The molecule has 0 radical (unpaired) electrons. The fraction of sp³-hybridized carbons (Fsp3) is 0.333. The van der Waals surface area contributed by atoms with Crippen molar-refractivity contribution in [1.29, 1.82) is 0 Å². The average molecular weight is 320 g/mol. The molecule has 2 aromatic rings. The van der Waals surface area contributed by atoms with Crippen molar-refractivity contribution in [2.45, 2.75) is 25.2 Å². The summed E-state index contributed by atoms with van der Waals surface area (Å²) in [5, 5.41) is 5.16. The molecule has 1 nitrogen and oxygen atoms in total. The van der Waals surface area contributed by atoms with E-state index in [0.717, 1.165) is 35.1 Å². The highest BCUT2D eigenvalue weighted by atomic mass is 35.5. The maximum Gasteiger partial charge on any atom is 0.0438 e. The minimum Gasteiger partial charge on any atom is -0.316 e. The zero-order valence-electron chi connectivity index (χ0n) is 12.1. The van der Waals surface area contributed by atoms with Gasteiger partial charge >= 0.3 is 0 Å². The van der Waals surface area contributed by atoms with Crippen molar-refractivity contribution < 1.29 is 0 Å². The van der Waals surface area contributed by atoms with Crippen molar-refractivity contribution in [3.05, 3.63) is 69.2 Å². The molecule has 1 heterocycles. The predicted octanol–water partition coefficient (Wildman–Crippen LogP) is 5.16. The lowest BCUT2D eigenvalue weighted by molar-refractivity contribution is 0.404. The molecule has 2 atom stereocenters. The van der Waals surface area contributed by atoms with Gasteiger partial charge in [0.1, 0.15) is 0 Å². The lowest BCUT2D eigenvalue weighted by atomic mass is 9.77. The Labute approximate surface area is 136 Å². The van der Waals surface area contributed by atoms with E-state index in [-0.39, 0.29) is 0 Å². The molecule has 1 fully saturated rings. The van der Waals surface area contributed by atoms with Gasteiger partial charge in [0.2, 0.25) is 0 Å². The van der Waals surface area contributed by atoms with Crippen molar-refractivity contribution in [3.63, 3.8) is 0 Å². The molecule has 0 aromatic heterocycles. The number of hydrogen-bond donors (Lipinski definition) is 1. The summed E-state index contributed by atoms with van der Waals surface area (Å²) >= 11 is 12.3. The van der Waals surface area contributed by atoms with Crippen molar-refractivity contribution in [1.82, 2.24) is 5.32 Å². The molecule has 1 N–H and O–H groups in total. The number of halogens is 2. The maximum absolute atomic E-state index is 6.31. The summed E-state index contributed by atoms with van der Waals surface area (Å²) < 4.78 is 0. The van der Waals surface area contributed by atoms with Crippen LogP contribution in [0.4, 0.5) is 0 Å². The van der Waals surface area contributed by atoms with Crippen molar-refractivity contribution in [3.8, 4) is 0 Å². The number of piperidine rings is 1. The summed E-state index contributed by atoms with van der Waals surface area (Å²) in [6.07, 6.45) is 1.13. The number of benzene rings is 2. The Hall–Kier alpha value is -1.02. The number of aryl methyl sites for hydroxylation is 1. The van der Waals surface area contributed by atoms with Crippen LogP contribution in [0.2, 0.25) is 10.0 Å². The van der Waals surface area contributed by atoms with Crippen LogP contribution in [0.15, 0.2) is 42.5 Å². The molecule has 21 heavy (non-hydrogen) atoms. The summed E-state index contributed by atoms with van der Waals surface area (Å²) in [6, 6.07) is 14.7. The van der Waals surface area contributed by atoms with Crippen LogP contribution in [0, 0.1) is 6.92 Å². The van der Waals surface area contributed by atoms with Crippen LogP contribution in [-0.2, 0) is 0 Å². The van der Waals surface area contributed by atoms with Crippen LogP contribution in [0.5, 0.6) is 0 Å². The summed E-state index contributed by atoms with van der Waals surface area (Å²) in [4.78, 5) is 0. The molecule has 1 aliphatic heterocycles. The fourth-order valence-corrected chi connectivity index (χ4v) is 3.47. The van der Waals surface area contributed by atoms with Gasteiger partial charge in [-0.05, 0) is 60.7 Å². The number of hydrogen-bond acceptors (Lipinski definition) is 1. The molecule has 1 saturated heterocycles. The molecule has 0 amide bonds. The first-order valence-electron chi connectivity index (χ1n) is 7.37. The van der Waals surface area contributed by atoms with Gasteiger partial charge in [0.05, 0.1) is 0 Å². The molecule has 0 spiro atoms. The minimum absolute atomic E-state index is 0.467. The second-order valence-corrected chi connectivity index (χ2v) is 6.61. The zero-order chi connectivity index (χ0) is 14.8. The molecule has 0 bridgehead atoms. The van der Waals surface area contributed by atoms with Crippen LogP contribution in [0.3, 0.4) is 0 Å². The molecule has 2 unspecified atom stereocenters. The fourth-order valence-electron chi connectivity index (χ4n) is 3.16. The Morgan fingerprint density at radius 1 is 0.952 bits per heavy atom. The molecule has 110 valence electrons. The number of nitrogens with one attached hydrogen (secondary N) is 1. The first-order chi connectivity index (χ1) is 10.1. The first kappa shape index (κ1) is 14.9. The molecule has 0 aliphatic carbocycles. The monoisotopic (exact) mass is 319 g/mol. The Balaban J connectivity index is 1.94. The second kappa shape index (κ2) is 6.39. The predicted molar refractivity (Wildman–Crippen MR) is 90.6 cm³/mol. The SMILES string of the molecule is Cc1ccc(C2CCNCC2c2ccc(Cl)cc2)cc1Cl. The van der Waals surface area contributed by atoms with Gasteiger partial charge in [0.25, 0.3) is 0 Å². The smallest absolute Gasteiger partial charge is 0.0438 e. The van der Waals surface area contributed by atoms with Gasteiger partial charge in [-0.2, -0.15) is 0 Å². The van der Waals surface area contributed by atoms with Crippen LogP contribution in [0.1, 0.15) is 34.9 Å². The van der Waals surface area contributed by atoms with Gasteiger partial charge < -0.3 is 5.32 Å². The van der Waals surface area contributed by atoms with Crippen LogP contribution in [-0.4, -0.2) is 13.1 Å². The quantitative estimate of drug-likeness (QED) is 0.805.